The van der Waals surface area contributed by atoms with E-state index >= 15 is 0 Å². The number of hydrogen-bond donors (Lipinski definition) is 1. The summed E-state index contributed by atoms with van der Waals surface area (Å²) >= 11 is 0. The van der Waals surface area contributed by atoms with Crippen LogP contribution >= 0.6 is 0 Å². The minimum Gasteiger partial charge on any atom is -0.478 e. The molecule has 100 valence electrons. The Morgan fingerprint density at radius 2 is 2.00 bits per heavy atom. The second-order valence-corrected chi connectivity index (χ2v) is 4.43. The topological polar surface area (TPSA) is 67.3 Å². The van der Waals surface area contributed by atoms with E-state index in [4.69, 9.17) is 5.11 Å². The molecule has 0 bridgehead atoms. The van der Waals surface area contributed by atoms with E-state index in [0.29, 0.717) is 17.5 Å². The van der Waals surface area contributed by atoms with Crippen LogP contribution < -0.4 is 0 Å². The molecule has 2 aromatic rings. The number of hydrogen-bond acceptors (Lipinski definition) is 3. The zero-order valence-corrected chi connectivity index (χ0v) is 11.0. The summed E-state index contributed by atoms with van der Waals surface area (Å²) < 4.78 is 0. The number of pyridine rings is 1. The number of aldehydes is 1. The fourth-order valence-electron chi connectivity index (χ4n) is 1.86. The molecule has 0 atom stereocenters. The summed E-state index contributed by atoms with van der Waals surface area (Å²) in [6, 6.07) is 8.52. The summed E-state index contributed by atoms with van der Waals surface area (Å²) in [7, 11) is 0. The Kier molecular flexibility index (Phi) is 3.75. The van der Waals surface area contributed by atoms with Crippen LogP contribution in [-0.2, 0) is 4.79 Å². The molecule has 1 aromatic carbocycles. The van der Waals surface area contributed by atoms with Crippen molar-refractivity contribution in [3.05, 3.63) is 59.8 Å². The van der Waals surface area contributed by atoms with Gasteiger partial charge in [0, 0.05) is 17.3 Å². The van der Waals surface area contributed by atoms with Gasteiger partial charge in [0.1, 0.15) is 6.29 Å². The van der Waals surface area contributed by atoms with Gasteiger partial charge < -0.3 is 5.11 Å². The van der Waals surface area contributed by atoms with Crippen molar-refractivity contribution < 1.29 is 14.7 Å². The summed E-state index contributed by atoms with van der Waals surface area (Å²) in [5, 5.41) is 9.14. The first-order valence-electron chi connectivity index (χ1n) is 5.97. The van der Waals surface area contributed by atoms with Crippen LogP contribution in [0.1, 0.15) is 21.5 Å². The van der Waals surface area contributed by atoms with Gasteiger partial charge in [-0.15, -0.1) is 0 Å². The average Bonchev–Trinajstić information content (AvgIpc) is 2.46. The fraction of sp³-hybridized carbons (Fsp3) is 0.0625. The lowest BCUT2D eigenvalue weighted by Crippen LogP contribution is -2.02. The molecule has 0 radical (unpaired) electrons. The number of rotatable bonds is 4. The highest BCUT2D eigenvalue weighted by Gasteiger charge is 2.13. The molecule has 1 aromatic heterocycles. The molecule has 0 aliphatic carbocycles. The number of aromatic nitrogens is 1. The molecule has 1 N–H and O–H groups in total. The lowest BCUT2D eigenvalue weighted by molar-refractivity contribution is -0.103. The second-order valence-electron chi connectivity index (χ2n) is 4.43. The maximum Gasteiger partial charge on any atom is 0.336 e. The first-order valence-corrected chi connectivity index (χ1v) is 5.97. The minimum atomic E-state index is -1.09. The van der Waals surface area contributed by atoms with E-state index in [9.17, 15) is 9.59 Å². The highest BCUT2D eigenvalue weighted by molar-refractivity contribution is 6.10. The number of aryl methyl sites for hydroxylation is 1. The standard InChI is InChI=1S/C16H13NO3/c1-10-3-6-15(17-8-10)12-4-5-13(16(19)20)14(7-12)11(2)9-18/h3-9H,2H2,1H3,(H,19,20). The van der Waals surface area contributed by atoms with E-state index in [0.717, 1.165) is 11.1 Å². The molecule has 4 heteroatoms. The van der Waals surface area contributed by atoms with Gasteiger partial charge in [0.25, 0.3) is 0 Å². The van der Waals surface area contributed by atoms with Gasteiger partial charge in [-0.3, -0.25) is 9.78 Å². The third-order valence-corrected chi connectivity index (χ3v) is 2.95. The van der Waals surface area contributed by atoms with Crippen LogP contribution in [0.2, 0.25) is 0 Å². The van der Waals surface area contributed by atoms with Gasteiger partial charge in [0.05, 0.1) is 11.3 Å². The van der Waals surface area contributed by atoms with Crippen LogP contribution in [0.15, 0.2) is 43.1 Å². The maximum absolute atomic E-state index is 11.2. The number of carbonyl (C=O) groups excluding carboxylic acids is 1. The van der Waals surface area contributed by atoms with E-state index in [2.05, 4.69) is 11.6 Å². The number of benzene rings is 1. The normalized spacial score (nSPS) is 10.1. The van der Waals surface area contributed by atoms with Gasteiger partial charge in [-0.1, -0.05) is 18.7 Å². The van der Waals surface area contributed by atoms with Gasteiger partial charge in [-0.25, -0.2) is 4.79 Å². The summed E-state index contributed by atoms with van der Waals surface area (Å²) in [5.74, 6) is -1.09. The molecule has 20 heavy (non-hydrogen) atoms. The van der Waals surface area contributed by atoms with Gasteiger partial charge in [-0.05, 0) is 36.2 Å². The predicted octanol–water partition coefficient (Wildman–Crippen LogP) is 2.97. The van der Waals surface area contributed by atoms with Crippen LogP contribution in [0.4, 0.5) is 0 Å². The number of nitrogens with zero attached hydrogens (tertiary/aromatic N) is 1. The quantitative estimate of drug-likeness (QED) is 0.683. The first-order chi connectivity index (χ1) is 9.52. The van der Waals surface area contributed by atoms with Crippen molar-refractivity contribution in [1.82, 2.24) is 4.98 Å². The molecule has 0 saturated carbocycles. The molecular weight excluding hydrogens is 254 g/mol. The molecule has 0 spiro atoms. The molecule has 0 unspecified atom stereocenters. The van der Waals surface area contributed by atoms with Gasteiger partial charge in [0.15, 0.2) is 0 Å². The second kappa shape index (κ2) is 5.48. The van der Waals surface area contributed by atoms with Crippen molar-refractivity contribution in [2.75, 3.05) is 0 Å². The van der Waals surface area contributed by atoms with E-state index in [1.807, 2.05) is 19.1 Å². The van der Waals surface area contributed by atoms with Crippen LogP contribution in [-0.4, -0.2) is 22.3 Å². The molecule has 0 fully saturated rings. The Morgan fingerprint density at radius 1 is 1.25 bits per heavy atom. The SMILES string of the molecule is C=C(C=O)c1cc(-c2ccc(C)cn2)ccc1C(=O)O. The molecule has 1 heterocycles. The van der Waals surface area contributed by atoms with Gasteiger partial charge in [0.2, 0.25) is 0 Å². The predicted molar refractivity (Wildman–Crippen MR) is 76.5 cm³/mol. The van der Waals surface area contributed by atoms with Gasteiger partial charge in [-0.2, -0.15) is 0 Å². The zero-order valence-electron chi connectivity index (χ0n) is 11.0. The summed E-state index contributed by atoms with van der Waals surface area (Å²) in [4.78, 5) is 26.3. The molecule has 2 rings (SSSR count). The Labute approximate surface area is 116 Å². The molecule has 4 nitrogen and oxygen atoms in total. The number of allylic oxidation sites excluding steroid dienone is 1. The van der Waals surface area contributed by atoms with Gasteiger partial charge >= 0.3 is 5.97 Å². The Bertz CT molecular complexity index is 687. The summed E-state index contributed by atoms with van der Waals surface area (Å²) in [5.41, 5.74) is 3.00. The Hall–Kier alpha value is -2.75. The van der Waals surface area contributed by atoms with Crippen LogP contribution in [0.3, 0.4) is 0 Å². The third kappa shape index (κ3) is 2.64. The highest BCUT2D eigenvalue weighted by atomic mass is 16.4. The molecule has 0 amide bonds. The van der Waals surface area contributed by atoms with Crippen molar-refractivity contribution in [1.29, 1.82) is 0 Å². The monoisotopic (exact) mass is 267 g/mol. The molecular formula is C16H13NO3. The Morgan fingerprint density at radius 3 is 2.55 bits per heavy atom. The van der Waals surface area contributed by atoms with Crippen LogP contribution in [0, 0.1) is 6.92 Å². The van der Waals surface area contributed by atoms with E-state index in [-0.39, 0.29) is 11.1 Å². The fourth-order valence-corrected chi connectivity index (χ4v) is 1.86. The first kappa shape index (κ1) is 13.7. The van der Waals surface area contributed by atoms with Crippen LogP contribution in [0.5, 0.6) is 0 Å². The average molecular weight is 267 g/mol. The largest absolute Gasteiger partial charge is 0.478 e. The lowest BCUT2D eigenvalue weighted by atomic mass is 9.97. The lowest BCUT2D eigenvalue weighted by Gasteiger charge is -2.08. The van der Waals surface area contributed by atoms with Crippen molar-refractivity contribution in [2.45, 2.75) is 6.92 Å². The molecule has 0 saturated heterocycles. The molecule has 0 aliphatic heterocycles. The number of carboxylic acid groups (broad SMARTS) is 1. The van der Waals surface area contributed by atoms with E-state index in [1.54, 1.807) is 18.3 Å². The van der Waals surface area contributed by atoms with E-state index in [1.165, 1.54) is 6.07 Å². The number of carbonyl (C=O) groups is 2. The van der Waals surface area contributed by atoms with Crippen molar-refractivity contribution in [3.8, 4) is 11.3 Å². The van der Waals surface area contributed by atoms with Crippen molar-refractivity contribution in [2.24, 2.45) is 0 Å². The smallest absolute Gasteiger partial charge is 0.336 e. The number of carboxylic acids is 1. The zero-order chi connectivity index (χ0) is 14.7. The van der Waals surface area contributed by atoms with Crippen LogP contribution in [0.25, 0.3) is 16.8 Å². The van der Waals surface area contributed by atoms with Crippen molar-refractivity contribution >= 4 is 17.8 Å². The minimum absolute atomic E-state index is 0.0537. The van der Waals surface area contributed by atoms with E-state index < -0.39 is 5.97 Å². The summed E-state index contributed by atoms with van der Waals surface area (Å²) in [6.07, 6.45) is 2.28. The van der Waals surface area contributed by atoms with Crippen molar-refractivity contribution in [3.63, 3.8) is 0 Å². The third-order valence-electron chi connectivity index (χ3n) is 2.95. The molecule has 0 aliphatic rings. The number of aromatic carboxylic acids is 1. The highest BCUT2D eigenvalue weighted by Crippen LogP contribution is 2.24. The summed E-state index contributed by atoms with van der Waals surface area (Å²) in [6.45, 7) is 5.52. The Balaban J connectivity index is 2.57. The maximum atomic E-state index is 11.2.